The van der Waals surface area contributed by atoms with Crippen molar-refractivity contribution in [3.8, 4) is 0 Å². The van der Waals surface area contributed by atoms with Crippen LogP contribution in [0.2, 0.25) is 0 Å². The van der Waals surface area contributed by atoms with Crippen LogP contribution in [0.4, 0.5) is 5.82 Å². The molecule has 1 atom stereocenters. The summed E-state index contributed by atoms with van der Waals surface area (Å²) in [6.45, 7) is 3.96. The summed E-state index contributed by atoms with van der Waals surface area (Å²) in [6, 6.07) is 9.55. The van der Waals surface area contributed by atoms with Gasteiger partial charge in [0.15, 0.2) is 5.82 Å². The van der Waals surface area contributed by atoms with Gasteiger partial charge in [-0.05, 0) is 26.0 Å². The van der Waals surface area contributed by atoms with Gasteiger partial charge in [-0.3, -0.25) is 9.59 Å². The van der Waals surface area contributed by atoms with E-state index in [0.29, 0.717) is 18.1 Å². The Morgan fingerprint density at radius 3 is 2.85 bits per heavy atom. The van der Waals surface area contributed by atoms with Crippen molar-refractivity contribution in [1.82, 2.24) is 15.0 Å². The summed E-state index contributed by atoms with van der Waals surface area (Å²) >= 11 is 2.87. The van der Waals surface area contributed by atoms with Crippen LogP contribution in [-0.2, 0) is 16.1 Å². The second-order valence-corrected chi connectivity index (χ2v) is 8.53. The van der Waals surface area contributed by atoms with Crippen LogP contribution in [0.3, 0.4) is 0 Å². The van der Waals surface area contributed by atoms with E-state index in [-0.39, 0.29) is 22.8 Å². The molecule has 0 unspecified atom stereocenters. The predicted molar refractivity (Wildman–Crippen MR) is 108 cm³/mol. The zero-order chi connectivity index (χ0) is 19.4. The Balaban J connectivity index is 1.48. The first kappa shape index (κ1) is 19.4. The van der Waals surface area contributed by atoms with Crippen LogP contribution < -0.4 is 5.32 Å². The predicted octanol–water partition coefficient (Wildman–Crippen LogP) is 3.31. The number of nitrogens with zero attached hydrogens (tertiary/aromatic N) is 3. The lowest BCUT2D eigenvalue weighted by atomic mass is 10.3. The Labute approximate surface area is 165 Å². The lowest BCUT2D eigenvalue weighted by Crippen LogP contribution is -2.30. The minimum absolute atomic E-state index is 0.0452. The molecule has 1 aromatic carbocycles. The standard InChI is InChI=1S/C18H20N4O3S2/c1-11-8-15(21-25-11)20-18(24)12(2)26-10-17(23)22(3)9-16-19-13-6-4-5-7-14(13)27-16/h4-8,12H,9-10H2,1-3H3,(H,20,21,24)/t12-/m1/s1. The van der Waals surface area contributed by atoms with Crippen molar-refractivity contribution in [1.29, 1.82) is 0 Å². The number of carbonyl (C=O) groups excluding carboxylic acids is 2. The number of fused-ring (bicyclic) bond motifs is 1. The van der Waals surface area contributed by atoms with Crippen LogP contribution in [0.15, 0.2) is 34.9 Å². The average molecular weight is 405 g/mol. The SMILES string of the molecule is Cc1cc(NC(=O)[C@@H](C)SCC(=O)N(C)Cc2nc3ccccc3s2)no1. The lowest BCUT2D eigenvalue weighted by molar-refractivity contribution is -0.127. The maximum Gasteiger partial charge on any atom is 0.238 e. The third kappa shape index (κ3) is 5.08. The molecule has 7 nitrogen and oxygen atoms in total. The van der Waals surface area contributed by atoms with Gasteiger partial charge in [0, 0.05) is 13.1 Å². The third-order valence-corrected chi connectivity index (χ3v) is 5.99. The Hall–Kier alpha value is -2.39. The summed E-state index contributed by atoms with van der Waals surface area (Å²) in [4.78, 5) is 30.7. The normalized spacial score (nSPS) is 12.1. The van der Waals surface area contributed by atoms with Gasteiger partial charge in [-0.1, -0.05) is 17.3 Å². The van der Waals surface area contributed by atoms with Crippen LogP contribution in [0, 0.1) is 6.92 Å². The molecular weight excluding hydrogens is 384 g/mol. The second kappa shape index (κ2) is 8.53. The number of thiazole rings is 1. The topological polar surface area (TPSA) is 88.3 Å². The molecule has 142 valence electrons. The fraction of sp³-hybridized carbons (Fsp3) is 0.333. The number of para-hydroxylation sites is 1. The molecule has 0 radical (unpaired) electrons. The largest absolute Gasteiger partial charge is 0.360 e. The number of carbonyl (C=O) groups is 2. The maximum absolute atomic E-state index is 12.4. The number of aromatic nitrogens is 2. The van der Waals surface area contributed by atoms with Crippen molar-refractivity contribution < 1.29 is 14.1 Å². The smallest absolute Gasteiger partial charge is 0.238 e. The quantitative estimate of drug-likeness (QED) is 0.650. The monoisotopic (exact) mass is 404 g/mol. The fourth-order valence-corrected chi connectivity index (χ4v) is 4.16. The fourth-order valence-electron chi connectivity index (χ4n) is 2.31. The molecule has 0 aliphatic rings. The van der Waals surface area contributed by atoms with Gasteiger partial charge in [0.1, 0.15) is 10.8 Å². The Bertz CT molecular complexity index is 920. The van der Waals surface area contributed by atoms with Gasteiger partial charge >= 0.3 is 0 Å². The van der Waals surface area contributed by atoms with Crippen LogP contribution in [-0.4, -0.2) is 44.9 Å². The van der Waals surface area contributed by atoms with Gasteiger partial charge in [0.2, 0.25) is 11.8 Å². The van der Waals surface area contributed by atoms with E-state index in [0.717, 1.165) is 15.2 Å². The van der Waals surface area contributed by atoms with E-state index in [2.05, 4.69) is 15.5 Å². The highest BCUT2D eigenvalue weighted by molar-refractivity contribution is 8.01. The van der Waals surface area contributed by atoms with Crippen molar-refractivity contribution in [2.75, 3.05) is 18.1 Å². The number of nitrogens with one attached hydrogen (secondary N) is 1. The zero-order valence-corrected chi connectivity index (χ0v) is 16.9. The van der Waals surface area contributed by atoms with Crippen molar-refractivity contribution in [2.24, 2.45) is 0 Å². The summed E-state index contributed by atoms with van der Waals surface area (Å²) in [7, 11) is 1.75. The Kier molecular flexibility index (Phi) is 6.12. The molecule has 2 amide bonds. The molecular formula is C18H20N4O3S2. The van der Waals surface area contributed by atoms with E-state index >= 15 is 0 Å². The number of hydrogen-bond donors (Lipinski definition) is 1. The van der Waals surface area contributed by atoms with E-state index in [4.69, 9.17) is 4.52 Å². The molecule has 27 heavy (non-hydrogen) atoms. The number of hydrogen-bond acceptors (Lipinski definition) is 7. The molecule has 3 rings (SSSR count). The highest BCUT2D eigenvalue weighted by Gasteiger charge is 2.19. The van der Waals surface area contributed by atoms with E-state index < -0.39 is 0 Å². The van der Waals surface area contributed by atoms with Gasteiger partial charge in [0.05, 0.1) is 27.8 Å². The van der Waals surface area contributed by atoms with E-state index in [1.165, 1.54) is 11.8 Å². The number of anilines is 1. The van der Waals surface area contributed by atoms with Gasteiger partial charge < -0.3 is 14.7 Å². The molecule has 3 aromatic rings. The molecule has 0 saturated heterocycles. The molecule has 0 saturated carbocycles. The van der Waals surface area contributed by atoms with E-state index in [1.54, 1.807) is 43.2 Å². The van der Waals surface area contributed by atoms with Gasteiger partial charge in [-0.25, -0.2) is 4.98 Å². The van der Waals surface area contributed by atoms with E-state index in [1.807, 2.05) is 24.3 Å². The molecule has 1 N–H and O–H groups in total. The zero-order valence-electron chi connectivity index (χ0n) is 15.3. The van der Waals surface area contributed by atoms with Crippen LogP contribution in [0.25, 0.3) is 10.2 Å². The summed E-state index contributed by atoms with van der Waals surface area (Å²) in [5, 5.41) is 6.91. The number of rotatable bonds is 7. The highest BCUT2D eigenvalue weighted by atomic mass is 32.2. The van der Waals surface area contributed by atoms with Gasteiger partial charge in [-0.15, -0.1) is 23.1 Å². The number of benzene rings is 1. The average Bonchev–Trinajstić information content (AvgIpc) is 3.24. The van der Waals surface area contributed by atoms with Gasteiger partial charge in [-0.2, -0.15) is 0 Å². The summed E-state index contributed by atoms with van der Waals surface area (Å²) < 4.78 is 6.02. The number of aryl methyl sites for hydroxylation is 1. The minimum atomic E-state index is -0.387. The molecule has 0 fully saturated rings. The molecule has 0 spiro atoms. The second-order valence-electron chi connectivity index (χ2n) is 6.09. The molecule has 2 aromatic heterocycles. The van der Waals surface area contributed by atoms with E-state index in [9.17, 15) is 9.59 Å². The molecule has 0 aliphatic carbocycles. The van der Waals surface area contributed by atoms with Gasteiger partial charge in [0.25, 0.3) is 0 Å². The van der Waals surface area contributed by atoms with Crippen molar-refractivity contribution in [2.45, 2.75) is 25.6 Å². The minimum Gasteiger partial charge on any atom is -0.360 e. The molecule has 2 heterocycles. The lowest BCUT2D eigenvalue weighted by Gasteiger charge is -2.17. The summed E-state index contributed by atoms with van der Waals surface area (Å²) in [5.41, 5.74) is 0.945. The van der Waals surface area contributed by atoms with Crippen molar-refractivity contribution in [3.05, 3.63) is 41.1 Å². The Morgan fingerprint density at radius 1 is 1.37 bits per heavy atom. The van der Waals surface area contributed by atoms with Crippen LogP contribution >= 0.6 is 23.1 Å². The molecule has 0 bridgehead atoms. The highest BCUT2D eigenvalue weighted by Crippen LogP contribution is 2.23. The van der Waals surface area contributed by atoms with Crippen molar-refractivity contribution in [3.63, 3.8) is 0 Å². The first-order valence-electron chi connectivity index (χ1n) is 8.36. The molecule has 9 heteroatoms. The maximum atomic E-state index is 12.4. The Morgan fingerprint density at radius 2 is 2.15 bits per heavy atom. The first-order valence-corrected chi connectivity index (χ1v) is 10.2. The van der Waals surface area contributed by atoms with Crippen LogP contribution in [0.5, 0.6) is 0 Å². The summed E-state index contributed by atoms with van der Waals surface area (Å²) in [5.74, 6) is 0.959. The first-order chi connectivity index (χ1) is 12.9. The summed E-state index contributed by atoms with van der Waals surface area (Å²) in [6.07, 6.45) is 0. The van der Waals surface area contributed by atoms with Crippen molar-refractivity contribution >= 4 is 50.9 Å². The number of thioether (sulfide) groups is 1. The molecule has 0 aliphatic heterocycles. The number of amides is 2. The third-order valence-electron chi connectivity index (χ3n) is 3.84. The van der Waals surface area contributed by atoms with Crippen LogP contribution in [0.1, 0.15) is 17.7 Å².